The fourth-order valence-electron chi connectivity index (χ4n) is 3.62. The minimum atomic E-state index is -1.02. The molecule has 7 nitrogen and oxygen atoms in total. The molecule has 3 aromatic rings. The summed E-state index contributed by atoms with van der Waals surface area (Å²) in [5.41, 5.74) is 3.70. The molecular formula is C22H19N3O4. The Bertz CT molecular complexity index is 1130. The number of nitrogens with one attached hydrogen (secondary N) is 1. The molecule has 1 aliphatic heterocycles. The van der Waals surface area contributed by atoms with Crippen molar-refractivity contribution in [3.63, 3.8) is 0 Å². The van der Waals surface area contributed by atoms with Gasteiger partial charge in [-0.05, 0) is 38.1 Å². The minimum Gasteiger partial charge on any atom is -0.478 e. The molecule has 2 heterocycles. The summed E-state index contributed by atoms with van der Waals surface area (Å²) in [7, 11) is 0. The van der Waals surface area contributed by atoms with Gasteiger partial charge in [0.1, 0.15) is 5.82 Å². The number of hydrogen-bond donors (Lipinski definition) is 2. The molecule has 7 heteroatoms. The first-order chi connectivity index (χ1) is 13.8. The summed E-state index contributed by atoms with van der Waals surface area (Å²) in [5.74, 6) is -1.57. The van der Waals surface area contributed by atoms with Gasteiger partial charge in [0.05, 0.1) is 22.9 Å². The SMILES string of the molecule is Cc1ccc(C(=O)C2CC(=O)Nc3c2c(C)nn3-c2ccc(C(=O)O)cc2)cc1. The smallest absolute Gasteiger partial charge is 0.335 e. The van der Waals surface area contributed by atoms with E-state index in [0.717, 1.165) is 5.56 Å². The maximum absolute atomic E-state index is 13.2. The zero-order valence-corrected chi connectivity index (χ0v) is 16.0. The van der Waals surface area contributed by atoms with Crippen LogP contribution in [0.4, 0.5) is 5.82 Å². The van der Waals surface area contributed by atoms with Crippen LogP contribution in [-0.4, -0.2) is 32.5 Å². The third-order valence-corrected chi connectivity index (χ3v) is 5.11. The molecule has 0 aliphatic carbocycles. The van der Waals surface area contributed by atoms with Crippen molar-refractivity contribution in [3.05, 3.63) is 76.5 Å². The number of ketones is 1. The van der Waals surface area contributed by atoms with Crippen molar-refractivity contribution in [3.8, 4) is 5.69 Å². The number of rotatable bonds is 4. The fraction of sp³-hybridized carbons (Fsp3) is 0.182. The normalized spacial score (nSPS) is 15.5. The second kappa shape index (κ2) is 7.01. The average Bonchev–Trinajstić information content (AvgIpc) is 3.03. The summed E-state index contributed by atoms with van der Waals surface area (Å²) in [5, 5.41) is 16.4. The van der Waals surface area contributed by atoms with Gasteiger partial charge in [0.25, 0.3) is 0 Å². The van der Waals surface area contributed by atoms with Crippen molar-refractivity contribution in [1.29, 1.82) is 0 Å². The van der Waals surface area contributed by atoms with Gasteiger partial charge in [-0.3, -0.25) is 9.59 Å². The number of aromatic carboxylic acids is 1. The van der Waals surface area contributed by atoms with Crippen LogP contribution in [0.3, 0.4) is 0 Å². The Hall–Kier alpha value is -3.74. The number of carbonyl (C=O) groups is 3. The highest BCUT2D eigenvalue weighted by atomic mass is 16.4. The molecule has 4 rings (SSSR count). The summed E-state index contributed by atoms with van der Waals surface area (Å²) in [4.78, 5) is 36.6. The van der Waals surface area contributed by atoms with Crippen LogP contribution in [0.5, 0.6) is 0 Å². The minimum absolute atomic E-state index is 0.0597. The zero-order valence-electron chi connectivity index (χ0n) is 16.0. The topological polar surface area (TPSA) is 101 Å². The van der Waals surface area contributed by atoms with Crippen LogP contribution >= 0.6 is 0 Å². The predicted molar refractivity (Wildman–Crippen MR) is 107 cm³/mol. The number of benzene rings is 2. The van der Waals surface area contributed by atoms with Crippen LogP contribution in [0.25, 0.3) is 5.69 Å². The number of nitrogens with zero attached hydrogens (tertiary/aromatic N) is 2. The van der Waals surface area contributed by atoms with Gasteiger partial charge < -0.3 is 10.4 Å². The van der Waals surface area contributed by atoms with Gasteiger partial charge in [-0.1, -0.05) is 29.8 Å². The monoisotopic (exact) mass is 389 g/mol. The van der Waals surface area contributed by atoms with Gasteiger partial charge in [-0.25, -0.2) is 9.48 Å². The Morgan fingerprint density at radius 3 is 2.28 bits per heavy atom. The average molecular weight is 389 g/mol. The summed E-state index contributed by atoms with van der Waals surface area (Å²) < 4.78 is 1.54. The lowest BCUT2D eigenvalue weighted by Crippen LogP contribution is -2.28. The van der Waals surface area contributed by atoms with E-state index in [1.54, 1.807) is 35.9 Å². The first-order valence-electron chi connectivity index (χ1n) is 9.19. The summed E-state index contributed by atoms with van der Waals surface area (Å²) in [6, 6.07) is 13.5. The molecule has 0 bridgehead atoms. The van der Waals surface area contributed by atoms with Crippen LogP contribution in [0, 0.1) is 13.8 Å². The van der Waals surface area contributed by atoms with Crippen molar-refractivity contribution in [2.24, 2.45) is 0 Å². The summed E-state index contributed by atoms with van der Waals surface area (Å²) >= 11 is 0. The van der Waals surface area contributed by atoms with Crippen molar-refractivity contribution in [1.82, 2.24) is 9.78 Å². The van der Waals surface area contributed by atoms with Crippen molar-refractivity contribution >= 4 is 23.5 Å². The molecule has 1 aliphatic rings. The molecular weight excluding hydrogens is 370 g/mol. The van der Waals surface area contributed by atoms with Crippen LogP contribution in [0.2, 0.25) is 0 Å². The number of anilines is 1. The molecule has 0 saturated carbocycles. The van der Waals surface area contributed by atoms with Gasteiger partial charge >= 0.3 is 5.97 Å². The lowest BCUT2D eigenvalue weighted by Gasteiger charge is -2.23. The van der Waals surface area contributed by atoms with E-state index in [4.69, 9.17) is 5.11 Å². The maximum Gasteiger partial charge on any atom is 0.335 e. The molecule has 2 aromatic carbocycles. The van der Waals surface area contributed by atoms with Crippen molar-refractivity contribution in [2.75, 3.05) is 5.32 Å². The number of carboxylic acid groups (broad SMARTS) is 1. The number of amides is 1. The van der Waals surface area contributed by atoms with Gasteiger partial charge in [0.2, 0.25) is 5.91 Å². The van der Waals surface area contributed by atoms with Crippen LogP contribution in [0.1, 0.15) is 49.9 Å². The number of Topliss-reactive ketones (excluding diaryl/α,β-unsaturated/α-hetero) is 1. The van der Waals surface area contributed by atoms with Gasteiger partial charge in [0.15, 0.2) is 5.78 Å². The van der Waals surface area contributed by atoms with E-state index >= 15 is 0 Å². The zero-order chi connectivity index (χ0) is 20.7. The van der Waals surface area contributed by atoms with E-state index < -0.39 is 11.9 Å². The van der Waals surface area contributed by atoms with E-state index in [1.807, 2.05) is 19.1 Å². The van der Waals surface area contributed by atoms with E-state index in [9.17, 15) is 14.4 Å². The quantitative estimate of drug-likeness (QED) is 0.665. The van der Waals surface area contributed by atoms with Crippen LogP contribution in [-0.2, 0) is 4.79 Å². The maximum atomic E-state index is 13.2. The lowest BCUT2D eigenvalue weighted by atomic mass is 9.85. The molecule has 1 amide bonds. The lowest BCUT2D eigenvalue weighted by molar-refractivity contribution is -0.116. The third kappa shape index (κ3) is 3.31. The molecule has 0 saturated heterocycles. The Morgan fingerprint density at radius 1 is 1.03 bits per heavy atom. The number of aromatic nitrogens is 2. The standard InChI is InChI=1S/C22H19N3O4/c1-12-3-5-14(6-4-12)20(27)17-11-18(26)23-21-19(17)13(2)24-25(21)16-9-7-15(8-10-16)22(28)29/h3-10,17H,11H2,1-2H3,(H,23,26)(H,28,29). The summed E-state index contributed by atoms with van der Waals surface area (Å²) in [6.07, 6.45) is 0.0597. The summed E-state index contributed by atoms with van der Waals surface area (Å²) in [6.45, 7) is 3.75. The Labute approximate surface area is 167 Å². The highest BCUT2D eigenvalue weighted by Crippen LogP contribution is 2.38. The molecule has 29 heavy (non-hydrogen) atoms. The van der Waals surface area contributed by atoms with E-state index in [2.05, 4.69) is 10.4 Å². The number of carbonyl (C=O) groups excluding carboxylic acids is 2. The van der Waals surface area contributed by atoms with Crippen molar-refractivity contribution in [2.45, 2.75) is 26.2 Å². The number of aryl methyl sites for hydroxylation is 2. The van der Waals surface area contributed by atoms with Gasteiger partial charge in [0, 0.05) is 17.5 Å². The first-order valence-corrected chi connectivity index (χ1v) is 9.19. The van der Waals surface area contributed by atoms with E-state index in [-0.39, 0.29) is 23.7 Å². The molecule has 0 radical (unpaired) electrons. The van der Waals surface area contributed by atoms with Crippen molar-refractivity contribution < 1.29 is 19.5 Å². The first kappa shape index (κ1) is 18.6. The molecule has 1 atom stereocenters. The highest BCUT2D eigenvalue weighted by molar-refractivity contribution is 6.08. The third-order valence-electron chi connectivity index (χ3n) is 5.11. The largest absolute Gasteiger partial charge is 0.478 e. The molecule has 0 spiro atoms. The van der Waals surface area contributed by atoms with Gasteiger partial charge in [-0.15, -0.1) is 0 Å². The molecule has 0 fully saturated rings. The molecule has 1 unspecified atom stereocenters. The molecule has 1 aromatic heterocycles. The second-order valence-corrected chi connectivity index (χ2v) is 7.15. The van der Waals surface area contributed by atoms with E-state index in [0.29, 0.717) is 28.3 Å². The predicted octanol–water partition coefficient (Wildman–Crippen LogP) is 3.50. The van der Waals surface area contributed by atoms with Crippen LogP contribution < -0.4 is 5.32 Å². The highest BCUT2D eigenvalue weighted by Gasteiger charge is 2.36. The number of carboxylic acids is 1. The van der Waals surface area contributed by atoms with Crippen LogP contribution in [0.15, 0.2) is 48.5 Å². The van der Waals surface area contributed by atoms with Gasteiger partial charge in [-0.2, -0.15) is 5.10 Å². The number of fused-ring (bicyclic) bond motifs is 1. The Balaban J connectivity index is 1.78. The molecule has 146 valence electrons. The Kier molecular flexibility index (Phi) is 4.50. The van der Waals surface area contributed by atoms with E-state index in [1.165, 1.54) is 12.1 Å². The Morgan fingerprint density at radius 2 is 1.66 bits per heavy atom. The second-order valence-electron chi connectivity index (χ2n) is 7.15. The fourth-order valence-corrected chi connectivity index (χ4v) is 3.62. The number of hydrogen-bond acceptors (Lipinski definition) is 4. The molecule has 2 N–H and O–H groups in total.